The third kappa shape index (κ3) is 2.45. The number of aromatic nitrogens is 1. The lowest BCUT2D eigenvalue weighted by Gasteiger charge is -2.53. The predicted molar refractivity (Wildman–Crippen MR) is 113 cm³/mol. The van der Waals surface area contributed by atoms with Crippen molar-refractivity contribution in [1.82, 2.24) is 20.1 Å². The van der Waals surface area contributed by atoms with Crippen LogP contribution < -0.4 is 10.6 Å². The molecule has 1 saturated heterocycles. The van der Waals surface area contributed by atoms with Crippen molar-refractivity contribution in [2.75, 3.05) is 26.2 Å². The Balaban J connectivity index is 1.68. The maximum atomic E-state index is 12.1. The third-order valence-electron chi connectivity index (χ3n) is 7.09. The van der Waals surface area contributed by atoms with Crippen LogP contribution in [0.5, 0.6) is 0 Å². The van der Waals surface area contributed by atoms with Gasteiger partial charge in [-0.3, -0.25) is 4.90 Å². The fraction of sp³-hybridized carbons (Fsp3) is 0.522. The maximum Gasteiger partial charge on any atom is 0.315 e. The van der Waals surface area contributed by atoms with Crippen LogP contribution in [0, 0.1) is 5.41 Å². The van der Waals surface area contributed by atoms with E-state index in [0.29, 0.717) is 19.1 Å². The van der Waals surface area contributed by atoms with Crippen molar-refractivity contribution in [3.63, 3.8) is 0 Å². The zero-order valence-corrected chi connectivity index (χ0v) is 16.9. The lowest BCUT2D eigenvalue weighted by Crippen LogP contribution is -2.51. The Morgan fingerprint density at radius 1 is 1.21 bits per heavy atom. The van der Waals surface area contributed by atoms with Crippen molar-refractivity contribution in [2.24, 2.45) is 5.41 Å². The van der Waals surface area contributed by atoms with E-state index in [1.807, 2.05) is 6.92 Å². The van der Waals surface area contributed by atoms with Crippen LogP contribution in [-0.2, 0) is 6.42 Å². The lowest BCUT2D eigenvalue weighted by molar-refractivity contribution is 0.0268. The summed E-state index contributed by atoms with van der Waals surface area (Å²) in [7, 11) is 0. The standard InChI is InChI=1S/C23H30N4O/c1-3-23-11-7-12-26-13-10-18-17-8-5-6-9-19(17)27(20(18)21(23)26)16(14-23)15-25-22(28)24-4-2/h5-6,8-9,14,21H,3-4,7,10-13,15H2,1-2H3,(H2,24,25,28)/t21-,23+/m1/s1. The van der Waals surface area contributed by atoms with Crippen LogP contribution in [0.2, 0.25) is 0 Å². The molecule has 3 aliphatic rings. The molecule has 3 aliphatic heterocycles. The summed E-state index contributed by atoms with van der Waals surface area (Å²) in [6.45, 7) is 7.85. The normalized spacial score (nSPS) is 25.9. The fourth-order valence-electron chi connectivity index (χ4n) is 5.91. The average molecular weight is 379 g/mol. The van der Waals surface area contributed by atoms with Crippen LogP contribution in [0.25, 0.3) is 16.6 Å². The number of fused-ring (bicyclic) bond motifs is 3. The number of nitrogens with zero attached hydrogens (tertiary/aromatic N) is 2. The molecule has 0 aliphatic carbocycles. The van der Waals surface area contributed by atoms with Crippen molar-refractivity contribution < 1.29 is 4.79 Å². The Hall–Kier alpha value is -2.27. The van der Waals surface area contributed by atoms with E-state index in [4.69, 9.17) is 0 Å². The molecule has 2 amide bonds. The Kier molecular flexibility index (Phi) is 4.23. The summed E-state index contributed by atoms with van der Waals surface area (Å²) in [6.07, 6.45) is 7.25. The minimum Gasteiger partial charge on any atom is -0.338 e. The van der Waals surface area contributed by atoms with Crippen LogP contribution in [-0.4, -0.2) is 41.7 Å². The molecule has 5 nitrogen and oxygen atoms in total. The molecule has 0 saturated carbocycles. The van der Waals surface area contributed by atoms with Gasteiger partial charge in [-0.2, -0.15) is 0 Å². The number of nitrogens with one attached hydrogen (secondary N) is 2. The number of amides is 2. The molecule has 1 aromatic carbocycles. The van der Waals surface area contributed by atoms with Crippen LogP contribution in [0.4, 0.5) is 4.79 Å². The number of hydrogen-bond acceptors (Lipinski definition) is 2. The molecule has 5 heteroatoms. The molecular formula is C23H30N4O. The van der Waals surface area contributed by atoms with Gasteiger partial charge in [0.1, 0.15) is 0 Å². The van der Waals surface area contributed by atoms with Crippen molar-refractivity contribution in [3.8, 4) is 0 Å². The van der Waals surface area contributed by atoms with Gasteiger partial charge in [-0.15, -0.1) is 0 Å². The first-order valence-electron chi connectivity index (χ1n) is 10.8. The Bertz CT molecular complexity index is 959. The molecule has 0 unspecified atom stereocenters. The molecule has 0 spiro atoms. The highest BCUT2D eigenvalue weighted by Gasteiger charge is 2.50. The highest BCUT2D eigenvalue weighted by molar-refractivity contribution is 5.90. The smallest absolute Gasteiger partial charge is 0.315 e. The number of urea groups is 1. The van der Waals surface area contributed by atoms with Crippen LogP contribution in [0.3, 0.4) is 0 Å². The molecule has 2 aromatic rings. The first-order chi connectivity index (χ1) is 13.7. The van der Waals surface area contributed by atoms with E-state index in [1.165, 1.54) is 47.2 Å². The summed E-state index contributed by atoms with van der Waals surface area (Å²) < 4.78 is 2.47. The van der Waals surface area contributed by atoms with Gasteiger partial charge in [-0.25, -0.2) is 4.79 Å². The minimum absolute atomic E-state index is 0.0910. The van der Waals surface area contributed by atoms with Crippen molar-refractivity contribution in [2.45, 2.75) is 45.6 Å². The minimum atomic E-state index is -0.0910. The second-order valence-corrected chi connectivity index (χ2v) is 8.44. The van der Waals surface area contributed by atoms with E-state index in [0.717, 1.165) is 19.4 Å². The number of benzene rings is 1. The summed E-state index contributed by atoms with van der Waals surface area (Å²) in [5.41, 5.74) is 5.71. The first-order valence-corrected chi connectivity index (χ1v) is 10.8. The number of carbonyl (C=O) groups excluding carboxylic acids is 1. The van der Waals surface area contributed by atoms with Gasteiger partial charge in [0.25, 0.3) is 0 Å². The molecule has 0 bridgehead atoms. The number of rotatable bonds is 4. The number of piperidine rings is 1. The van der Waals surface area contributed by atoms with Crippen molar-refractivity contribution >= 4 is 22.6 Å². The first kappa shape index (κ1) is 17.8. The second kappa shape index (κ2) is 6.66. The fourth-order valence-corrected chi connectivity index (χ4v) is 5.91. The molecule has 1 fully saturated rings. The van der Waals surface area contributed by atoms with Gasteiger partial charge in [-0.05, 0) is 50.8 Å². The number of hydrogen-bond donors (Lipinski definition) is 2. The Labute approximate surface area is 166 Å². The molecule has 2 N–H and O–H groups in total. The summed E-state index contributed by atoms with van der Waals surface area (Å²) in [6, 6.07) is 9.17. The van der Waals surface area contributed by atoms with Gasteiger partial charge in [0, 0.05) is 35.3 Å². The van der Waals surface area contributed by atoms with E-state index >= 15 is 0 Å². The largest absolute Gasteiger partial charge is 0.338 e. The zero-order valence-electron chi connectivity index (χ0n) is 16.9. The van der Waals surface area contributed by atoms with Gasteiger partial charge < -0.3 is 15.2 Å². The molecule has 148 valence electrons. The molecule has 1 aromatic heterocycles. The quantitative estimate of drug-likeness (QED) is 0.848. The Morgan fingerprint density at radius 3 is 2.89 bits per heavy atom. The molecule has 28 heavy (non-hydrogen) atoms. The van der Waals surface area contributed by atoms with Crippen LogP contribution >= 0.6 is 0 Å². The topological polar surface area (TPSA) is 49.3 Å². The van der Waals surface area contributed by atoms with Crippen molar-refractivity contribution in [1.29, 1.82) is 0 Å². The predicted octanol–water partition coefficient (Wildman–Crippen LogP) is 3.90. The van der Waals surface area contributed by atoms with Gasteiger partial charge >= 0.3 is 6.03 Å². The van der Waals surface area contributed by atoms with Gasteiger partial charge in [0.15, 0.2) is 0 Å². The summed E-state index contributed by atoms with van der Waals surface area (Å²) in [5, 5.41) is 7.32. The monoisotopic (exact) mass is 378 g/mol. The van der Waals surface area contributed by atoms with Gasteiger partial charge in [0.2, 0.25) is 0 Å². The van der Waals surface area contributed by atoms with E-state index < -0.39 is 0 Å². The highest BCUT2D eigenvalue weighted by Crippen LogP contribution is 2.56. The summed E-state index contributed by atoms with van der Waals surface area (Å²) in [5.74, 6) is 0. The van der Waals surface area contributed by atoms with E-state index in [9.17, 15) is 4.79 Å². The van der Waals surface area contributed by atoms with Gasteiger partial charge in [0.05, 0.1) is 18.1 Å². The molecule has 0 radical (unpaired) electrons. The summed E-state index contributed by atoms with van der Waals surface area (Å²) in [4.78, 5) is 14.8. The number of carbonyl (C=O) groups is 1. The van der Waals surface area contributed by atoms with E-state index in [-0.39, 0.29) is 11.4 Å². The average Bonchev–Trinajstić information content (AvgIpc) is 3.07. The third-order valence-corrected chi connectivity index (χ3v) is 7.09. The second-order valence-electron chi connectivity index (χ2n) is 8.44. The maximum absolute atomic E-state index is 12.1. The number of para-hydroxylation sites is 1. The van der Waals surface area contributed by atoms with E-state index in [1.54, 1.807) is 0 Å². The van der Waals surface area contributed by atoms with Crippen molar-refractivity contribution in [3.05, 3.63) is 41.6 Å². The SMILES string of the molecule is CCNC(=O)NCC1=C[C@]2(CC)CCCN3CCc4c(n1c1ccccc41)[C@@H]32. The van der Waals surface area contributed by atoms with Gasteiger partial charge in [-0.1, -0.05) is 31.2 Å². The van der Waals surface area contributed by atoms with Crippen LogP contribution in [0.15, 0.2) is 30.3 Å². The molecule has 4 heterocycles. The Morgan fingerprint density at radius 2 is 2.07 bits per heavy atom. The zero-order chi connectivity index (χ0) is 19.3. The molecule has 2 atom stereocenters. The summed E-state index contributed by atoms with van der Waals surface area (Å²) >= 11 is 0. The molecule has 5 rings (SSSR count). The van der Waals surface area contributed by atoms with E-state index in [2.05, 4.69) is 57.4 Å². The highest BCUT2D eigenvalue weighted by atomic mass is 16.2. The van der Waals surface area contributed by atoms with Crippen LogP contribution in [0.1, 0.15) is 50.4 Å². The molecular weight excluding hydrogens is 348 g/mol. The lowest BCUT2D eigenvalue weighted by atomic mass is 9.66.